The number of hydrogen-bond acceptors (Lipinski definition) is 1. The molecule has 0 bridgehead atoms. The Kier molecular flexibility index (Phi) is 4.09. The van der Waals surface area contributed by atoms with Gasteiger partial charge in [-0.05, 0) is 29.8 Å². The summed E-state index contributed by atoms with van der Waals surface area (Å²) in [5.74, 6) is -0.453. The molecule has 1 heterocycles. The molecule has 0 spiro atoms. The summed E-state index contributed by atoms with van der Waals surface area (Å²) in [7, 11) is 0. The highest BCUT2D eigenvalue weighted by Crippen LogP contribution is 2.27. The molecule has 3 rings (SSSR count). The van der Waals surface area contributed by atoms with Gasteiger partial charge in [0.15, 0.2) is 0 Å². The molecule has 1 nitrogen and oxygen atoms in total. The summed E-state index contributed by atoms with van der Waals surface area (Å²) < 4.78 is 13.5. The third-order valence-electron chi connectivity index (χ3n) is 3.35. The monoisotopic (exact) mass is 319 g/mol. The number of fused-ring (bicyclic) bond motifs is 1. The molecule has 21 heavy (non-hydrogen) atoms. The molecular formula is C17H12Cl2FN. The first-order chi connectivity index (χ1) is 10.1. The van der Waals surface area contributed by atoms with Crippen LogP contribution in [0.25, 0.3) is 10.9 Å². The molecule has 0 amide bonds. The quantitative estimate of drug-likeness (QED) is 0.577. The van der Waals surface area contributed by atoms with Crippen molar-refractivity contribution in [3.8, 4) is 0 Å². The van der Waals surface area contributed by atoms with Gasteiger partial charge in [-0.3, -0.25) is 4.98 Å². The second-order valence-electron chi connectivity index (χ2n) is 4.84. The Labute approximate surface area is 132 Å². The third-order valence-corrected chi connectivity index (χ3v) is 4.06. The molecule has 1 aromatic heterocycles. The highest BCUT2D eigenvalue weighted by atomic mass is 35.5. The van der Waals surface area contributed by atoms with Gasteiger partial charge in [0.2, 0.25) is 0 Å². The molecule has 0 aliphatic carbocycles. The fourth-order valence-corrected chi connectivity index (χ4v) is 2.64. The summed E-state index contributed by atoms with van der Waals surface area (Å²) in [6.07, 6.45) is 0.535. The predicted octanol–water partition coefficient (Wildman–Crippen LogP) is 5.55. The lowest BCUT2D eigenvalue weighted by Crippen LogP contribution is -1.99. The average Bonchev–Trinajstić information content (AvgIpc) is 2.50. The lowest BCUT2D eigenvalue weighted by molar-refractivity contribution is 0.625. The molecule has 4 heteroatoms. The van der Waals surface area contributed by atoms with Crippen molar-refractivity contribution in [1.82, 2.24) is 4.98 Å². The van der Waals surface area contributed by atoms with Gasteiger partial charge in [-0.15, -0.1) is 11.6 Å². The Morgan fingerprint density at radius 3 is 2.67 bits per heavy atom. The first-order valence-corrected chi connectivity index (χ1v) is 7.38. The molecule has 0 aliphatic heterocycles. The second kappa shape index (κ2) is 6.00. The van der Waals surface area contributed by atoms with Crippen LogP contribution in [0, 0.1) is 5.82 Å². The zero-order valence-electron chi connectivity index (χ0n) is 11.1. The largest absolute Gasteiger partial charge is 0.253 e. The van der Waals surface area contributed by atoms with E-state index in [9.17, 15) is 4.39 Å². The minimum atomic E-state index is -0.453. The SMILES string of the molecule is Fc1cc(C(Cl)Cc2ccc3ccccc3n2)ccc1Cl. The van der Waals surface area contributed by atoms with Crippen LogP contribution in [0.15, 0.2) is 54.6 Å². The standard InChI is InChI=1S/C17H12Cl2FN/c18-14-8-6-12(9-16(14)20)15(19)10-13-7-5-11-3-1-2-4-17(11)21-13/h1-9,15H,10H2. The van der Waals surface area contributed by atoms with E-state index < -0.39 is 5.82 Å². The lowest BCUT2D eigenvalue weighted by Gasteiger charge is -2.10. The summed E-state index contributed by atoms with van der Waals surface area (Å²) in [6, 6.07) is 16.5. The van der Waals surface area contributed by atoms with E-state index in [1.807, 2.05) is 36.4 Å². The Hall–Kier alpha value is -1.64. The summed E-state index contributed by atoms with van der Waals surface area (Å²) in [4.78, 5) is 4.58. The van der Waals surface area contributed by atoms with Gasteiger partial charge in [0, 0.05) is 17.5 Å². The van der Waals surface area contributed by atoms with Crippen LogP contribution >= 0.6 is 23.2 Å². The smallest absolute Gasteiger partial charge is 0.142 e. The number of rotatable bonds is 3. The van der Waals surface area contributed by atoms with Gasteiger partial charge >= 0.3 is 0 Å². The number of benzene rings is 2. The number of para-hydroxylation sites is 1. The Morgan fingerprint density at radius 1 is 1.05 bits per heavy atom. The van der Waals surface area contributed by atoms with Crippen molar-refractivity contribution >= 4 is 34.1 Å². The van der Waals surface area contributed by atoms with E-state index in [2.05, 4.69) is 4.98 Å². The summed E-state index contributed by atoms with van der Waals surface area (Å²) in [5.41, 5.74) is 2.51. The highest BCUT2D eigenvalue weighted by molar-refractivity contribution is 6.30. The lowest BCUT2D eigenvalue weighted by atomic mass is 10.1. The van der Waals surface area contributed by atoms with E-state index in [1.54, 1.807) is 6.07 Å². The van der Waals surface area contributed by atoms with Crippen LogP contribution in [0.4, 0.5) is 4.39 Å². The van der Waals surface area contributed by atoms with E-state index in [-0.39, 0.29) is 10.4 Å². The molecular weight excluding hydrogens is 308 g/mol. The second-order valence-corrected chi connectivity index (χ2v) is 5.77. The van der Waals surface area contributed by atoms with Gasteiger partial charge in [-0.2, -0.15) is 0 Å². The van der Waals surface area contributed by atoms with Crippen molar-refractivity contribution in [2.45, 2.75) is 11.8 Å². The minimum absolute atomic E-state index is 0.103. The topological polar surface area (TPSA) is 12.9 Å². The molecule has 3 aromatic rings. The van der Waals surface area contributed by atoms with E-state index in [0.717, 1.165) is 16.6 Å². The van der Waals surface area contributed by atoms with Gasteiger partial charge < -0.3 is 0 Å². The van der Waals surface area contributed by atoms with Crippen molar-refractivity contribution in [2.75, 3.05) is 0 Å². The van der Waals surface area contributed by atoms with Crippen LogP contribution in [0.2, 0.25) is 5.02 Å². The van der Waals surface area contributed by atoms with Crippen molar-refractivity contribution in [3.63, 3.8) is 0 Å². The summed E-state index contributed by atoms with van der Waals surface area (Å²) in [6.45, 7) is 0. The van der Waals surface area contributed by atoms with Gasteiger partial charge in [-0.25, -0.2) is 4.39 Å². The number of alkyl halides is 1. The third kappa shape index (κ3) is 3.17. The molecule has 0 fully saturated rings. The zero-order chi connectivity index (χ0) is 14.8. The van der Waals surface area contributed by atoms with Crippen LogP contribution in [-0.2, 0) is 6.42 Å². The summed E-state index contributed by atoms with van der Waals surface area (Å²) in [5, 5.41) is 0.849. The number of aromatic nitrogens is 1. The Bertz CT molecular complexity index is 789. The van der Waals surface area contributed by atoms with Gasteiger partial charge in [0.05, 0.1) is 15.9 Å². The van der Waals surface area contributed by atoms with Crippen LogP contribution in [-0.4, -0.2) is 4.98 Å². The van der Waals surface area contributed by atoms with E-state index in [0.29, 0.717) is 12.0 Å². The van der Waals surface area contributed by atoms with Crippen LogP contribution in [0.5, 0.6) is 0 Å². The van der Waals surface area contributed by atoms with Crippen molar-refractivity contribution in [2.24, 2.45) is 0 Å². The van der Waals surface area contributed by atoms with Crippen molar-refractivity contribution in [3.05, 3.63) is 76.7 Å². The average molecular weight is 320 g/mol. The summed E-state index contributed by atoms with van der Waals surface area (Å²) >= 11 is 12.0. The maximum Gasteiger partial charge on any atom is 0.142 e. The first kappa shape index (κ1) is 14.3. The maximum atomic E-state index is 13.5. The van der Waals surface area contributed by atoms with Crippen molar-refractivity contribution < 1.29 is 4.39 Å². The zero-order valence-corrected chi connectivity index (χ0v) is 12.6. The van der Waals surface area contributed by atoms with Crippen molar-refractivity contribution in [1.29, 1.82) is 0 Å². The Morgan fingerprint density at radius 2 is 1.86 bits per heavy atom. The van der Waals surface area contributed by atoms with Gasteiger partial charge in [-0.1, -0.05) is 41.9 Å². The van der Waals surface area contributed by atoms with Gasteiger partial charge in [0.1, 0.15) is 5.82 Å². The van der Waals surface area contributed by atoms with Crippen LogP contribution in [0.3, 0.4) is 0 Å². The fraction of sp³-hybridized carbons (Fsp3) is 0.118. The number of pyridine rings is 1. The fourth-order valence-electron chi connectivity index (χ4n) is 2.23. The van der Waals surface area contributed by atoms with E-state index >= 15 is 0 Å². The predicted molar refractivity (Wildman–Crippen MR) is 85.5 cm³/mol. The first-order valence-electron chi connectivity index (χ1n) is 6.57. The highest BCUT2D eigenvalue weighted by Gasteiger charge is 2.12. The maximum absolute atomic E-state index is 13.5. The molecule has 0 aliphatic rings. The molecule has 106 valence electrons. The minimum Gasteiger partial charge on any atom is -0.253 e. The number of hydrogen-bond donors (Lipinski definition) is 0. The Balaban J connectivity index is 1.85. The van der Waals surface area contributed by atoms with E-state index in [1.165, 1.54) is 12.1 Å². The molecule has 0 N–H and O–H groups in total. The normalized spacial score (nSPS) is 12.5. The van der Waals surface area contributed by atoms with Crippen LogP contribution < -0.4 is 0 Å². The molecule has 0 saturated carbocycles. The molecule has 0 saturated heterocycles. The van der Waals surface area contributed by atoms with Gasteiger partial charge in [0.25, 0.3) is 0 Å². The van der Waals surface area contributed by atoms with E-state index in [4.69, 9.17) is 23.2 Å². The molecule has 0 radical (unpaired) electrons. The molecule has 1 unspecified atom stereocenters. The number of halogens is 3. The van der Waals surface area contributed by atoms with Crippen LogP contribution in [0.1, 0.15) is 16.6 Å². The molecule has 1 atom stereocenters. The number of nitrogens with zero attached hydrogens (tertiary/aromatic N) is 1. The molecule has 2 aromatic carbocycles.